The highest BCUT2D eigenvalue weighted by Crippen LogP contribution is 2.13. The Hall–Kier alpha value is -0.650. The molecular weight excluding hydrogens is 194 g/mol. The lowest BCUT2D eigenvalue weighted by atomic mass is 10.1. The van der Waals surface area contributed by atoms with E-state index in [0.717, 1.165) is 13.1 Å². The van der Waals surface area contributed by atoms with Gasteiger partial charge in [-0.3, -0.25) is 10.2 Å². The largest absolute Gasteiger partial charge is 0.371 e. The number of hydrazine groups is 1. The first-order valence-electron chi connectivity index (χ1n) is 5.31. The van der Waals surface area contributed by atoms with E-state index >= 15 is 0 Å². The molecule has 0 saturated carbocycles. The number of amides is 1. The molecule has 0 radical (unpaired) electrons. The molecule has 0 aromatic heterocycles. The number of hydrogen-bond acceptors (Lipinski definition) is 4. The smallest absolute Gasteiger partial charge is 0.260 e. The Kier molecular flexibility index (Phi) is 5.01. The van der Waals surface area contributed by atoms with Gasteiger partial charge in [0.05, 0.1) is 6.61 Å². The van der Waals surface area contributed by atoms with Crippen LogP contribution in [0.15, 0.2) is 0 Å². The normalized spacial score (nSPS) is 22.3. The van der Waals surface area contributed by atoms with Gasteiger partial charge in [0.15, 0.2) is 0 Å². The zero-order valence-electron chi connectivity index (χ0n) is 9.82. The number of likely N-dealkylation sites (tertiary alicyclic amines) is 1. The predicted octanol–water partition coefficient (Wildman–Crippen LogP) is -0.452. The Balaban J connectivity index is 2.03. The van der Waals surface area contributed by atoms with Gasteiger partial charge in [-0.25, -0.2) is 5.01 Å². The van der Waals surface area contributed by atoms with Crippen LogP contribution in [0.1, 0.15) is 6.42 Å². The molecule has 1 aliphatic heterocycles. The molecule has 0 aromatic rings. The van der Waals surface area contributed by atoms with Crippen molar-refractivity contribution in [3.05, 3.63) is 0 Å². The van der Waals surface area contributed by atoms with Gasteiger partial charge in [-0.2, -0.15) is 0 Å². The summed E-state index contributed by atoms with van der Waals surface area (Å²) in [7, 11) is 5.67. The fraction of sp³-hybridized carbons (Fsp3) is 0.900. The third-order valence-corrected chi connectivity index (χ3v) is 2.42. The van der Waals surface area contributed by atoms with Gasteiger partial charge < -0.3 is 9.64 Å². The van der Waals surface area contributed by atoms with Crippen LogP contribution in [0, 0.1) is 5.92 Å². The zero-order valence-corrected chi connectivity index (χ0v) is 9.82. The van der Waals surface area contributed by atoms with Crippen LogP contribution in [-0.2, 0) is 9.53 Å². The van der Waals surface area contributed by atoms with Crippen LogP contribution in [0.2, 0.25) is 0 Å². The minimum atomic E-state index is -0.0913. The highest BCUT2D eigenvalue weighted by atomic mass is 16.5. The maximum atomic E-state index is 11.2. The van der Waals surface area contributed by atoms with Crippen LogP contribution in [0.4, 0.5) is 0 Å². The molecule has 5 nitrogen and oxygen atoms in total. The minimum absolute atomic E-state index is 0.0913. The van der Waals surface area contributed by atoms with Gasteiger partial charge in [-0.05, 0) is 25.9 Å². The molecule has 5 heteroatoms. The van der Waals surface area contributed by atoms with E-state index in [1.165, 1.54) is 6.42 Å². The lowest BCUT2D eigenvalue weighted by molar-refractivity contribution is -0.129. The van der Waals surface area contributed by atoms with E-state index < -0.39 is 0 Å². The SMILES string of the molecule is CN1CCC(COCC(=O)NN(C)C)C1. The number of carbonyl (C=O) groups is 1. The summed E-state index contributed by atoms with van der Waals surface area (Å²) in [4.78, 5) is 13.5. The van der Waals surface area contributed by atoms with E-state index in [1.54, 1.807) is 19.1 Å². The number of carbonyl (C=O) groups excluding carboxylic acids is 1. The van der Waals surface area contributed by atoms with Crippen LogP contribution in [0.3, 0.4) is 0 Å². The summed E-state index contributed by atoms with van der Waals surface area (Å²) in [6.07, 6.45) is 1.17. The van der Waals surface area contributed by atoms with E-state index in [-0.39, 0.29) is 12.5 Å². The molecule has 1 aliphatic rings. The monoisotopic (exact) mass is 215 g/mol. The van der Waals surface area contributed by atoms with Crippen molar-refractivity contribution in [3.8, 4) is 0 Å². The molecule has 1 fully saturated rings. The summed E-state index contributed by atoms with van der Waals surface area (Å²) in [6.45, 7) is 3.05. The van der Waals surface area contributed by atoms with Gasteiger partial charge in [0.2, 0.25) is 0 Å². The molecule has 1 rings (SSSR count). The molecule has 0 aliphatic carbocycles. The molecule has 0 aromatic carbocycles. The quantitative estimate of drug-likeness (QED) is 0.631. The van der Waals surface area contributed by atoms with E-state index in [2.05, 4.69) is 17.4 Å². The molecule has 1 heterocycles. The lowest BCUT2D eigenvalue weighted by Crippen LogP contribution is -2.38. The molecule has 88 valence electrons. The third-order valence-electron chi connectivity index (χ3n) is 2.42. The second kappa shape index (κ2) is 6.05. The maximum Gasteiger partial charge on any atom is 0.260 e. The van der Waals surface area contributed by atoms with Gasteiger partial charge in [0.25, 0.3) is 5.91 Å². The van der Waals surface area contributed by atoms with Crippen molar-refractivity contribution in [2.24, 2.45) is 5.92 Å². The van der Waals surface area contributed by atoms with Crippen molar-refractivity contribution in [3.63, 3.8) is 0 Å². The molecule has 1 unspecified atom stereocenters. The Bertz CT molecular complexity index is 209. The van der Waals surface area contributed by atoms with Crippen LogP contribution in [-0.4, -0.2) is 63.3 Å². The Morgan fingerprint density at radius 1 is 1.60 bits per heavy atom. The third kappa shape index (κ3) is 5.11. The predicted molar refractivity (Wildman–Crippen MR) is 58.3 cm³/mol. The van der Waals surface area contributed by atoms with E-state index in [9.17, 15) is 4.79 Å². The number of rotatable bonds is 5. The average Bonchev–Trinajstić information content (AvgIpc) is 2.50. The van der Waals surface area contributed by atoms with Gasteiger partial charge in [-0.1, -0.05) is 0 Å². The van der Waals surface area contributed by atoms with Crippen LogP contribution < -0.4 is 5.43 Å². The van der Waals surface area contributed by atoms with E-state index in [1.807, 2.05) is 0 Å². The first kappa shape index (κ1) is 12.4. The van der Waals surface area contributed by atoms with Crippen molar-refractivity contribution >= 4 is 5.91 Å². The summed E-state index contributed by atoms with van der Waals surface area (Å²) >= 11 is 0. The van der Waals surface area contributed by atoms with Crippen molar-refractivity contribution < 1.29 is 9.53 Å². The second-order valence-corrected chi connectivity index (χ2v) is 4.36. The molecule has 1 N–H and O–H groups in total. The topological polar surface area (TPSA) is 44.8 Å². The standard InChI is InChI=1S/C10H21N3O2/c1-12(2)11-10(14)8-15-7-9-4-5-13(3)6-9/h9H,4-8H2,1-3H3,(H,11,14). The van der Waals surface area contributed by atoms with Crippen molar-refractivity contribution in [2.45, 2.75) is 6.42 Å². The summed E-state index contributed by atoms with van der Waals surface area (Å²) in [5.74, 6) is 0.494. The summed E-state index contributed by atoms with van der Waals surface area (Å²) in [5, 5.41) is 1.62. The van der Waals surface area contributed by atoms with Gasteiger partial charge >= 0.3 is 0 Å². The van der Waals surface area contributed by atoms with E-state index in [0.29, 0.717) is 12.5 Å². The summed E-state index contributed by atoms with van der Waals surface area (Å²) in [5.41, 5.74) is 2.64. The average molecular weight is 215 g/mol. The van der Waals surface area contributed by atoms with Crippen molar-refractivity contribution in [1.82, 2.24) is 15.3 Å². The van der Waals surface area contributed by atoms with Crippen LogP contribution in [0.25, 0.3) is 0 Å². The molecule has 1 saturated heterocycles. The fourth-order valence-electron chi connectivity index (χ4n) is 1.76. The number of ether oxygens (including phenoxy) is 1. The molecule has 0 bridgehead atoms. The highest BCUT2D eigenvalue weighted by Gasteiger charge is 2.19. The Morgan fingerprint density at radius 3 is 2.87 bits per heavy atom. The zero-order chi connectivity index (χ0) is 11.3. The molecule has 1 amide bonds. The van der Waals surface area contributed by atoms with Crippen LogP contribution >= 0.6 is 0 Å². The van der Waals surface area contributed by atoms with E-state index in [4.69, 9.17) is 4.74 Å². The molecule has 15 heavy (non-hydrogen) atoms. The number of nitrogens with one attached hydrogen (secondary N) is 1. The summed E-state index contributed by atoms with van der Waals surface area (Å²) < 4.78 is 5.36. The second-order valence-electron chi connectivity index (χ2n) is 4.36. The minimum Gasteiger partial charge on any atom is -0.371 e. The Morgan fingerprint density at radius 2 is 2.33 bits per heavy atom. The van der Waals surface area contributed by atoms with Crippen LogP contribution in [0.5, 0.6) is 0 Å². The maximum absolute atomic E-state index is 11.2. The first-order chi connectivity index (χ1) is 7.08. The highest BCUT2D eigenvalue weighted by molar-refractivity contribution is 5.76. The molecular formula is C10H21N3O2. The first-order valence-corrected chi connectivity index (χ1v) is 5.31. The molecule has 1 atom stereocenters. The molecule has 0 spiro atoms. The van der Waals surface area contributed by atoms with Gasteiger partial charge in [0.1, 0.15) is 6.61 Å². The number of nitrogens with zero attached hydrogens (tertiary/aromatic N) is 2. The lowest BCUT2D eigenvalue weighted by Gasteiger charge is -2.13. The Labute approximate surface area is 91.3 Å². The summed E-state index contributed by atoms with van der Waals surface area (Å²) in [6, 6.07) is 0. The van der Waals surface area contributed by atoms with Crippen molar-refractivity contribution in [2.75, 3.05) is 47.4 Å². The fourth-order valence-corrected chi connectivity index (χ4v) is 1.76. The number of hydrogen-bond donors (Lipinski definition) is 1. The van der Waals surface area contributed by atoms with Crippen molar-refractivity contribution in [1.29, 1.82) is 0 Å². The van der Waals surface area contributed by atoms with Gasteiger partial charge in [0, 0.05) is 20.6 Å². The van der Waals surface area contributed by atoms with Gasteiger partial charge in [-0.15, -0.1) is 0 Å².